The molecule has 0 radical (unpaired) electrons. The molecule has 1 heterocycles. The van der Waals surface area contributed by atoms with Crippen LogP contribution in [0.1, 0.15) is 25.0 Å². The lowest BCUT2D eigenvalue weighted by atomic mass is 10.1. The van der Waals surface area contributed by atoms with E-state index in [2.05, 4.69) is 25.4 Å². The van der Waals surface area contributed by atoms with Gasteiger partial charge in [-0.1, -0.05) is 6.07 Å². The highest BCUT2D eigenvalue weighted by Crippen LogP contribution is 2.11. The summed E-state index contributed by atoms with van der Waals surface area (Å²) in [6.07, 6.45) is 0. The molecule has 0 saturated carbocycles. The number of amides is 1. The van der Waals surface area contributed by atoms with Gasteiger partial charge in [-0.25, -0.2) is 4.39 Å². The monoisotopic (exact) mass is 379 g/mol. The highest BCUT2D eigenvalue weighted by molar-refractivity contribution is 5.80. The van der Waals surface area contributed by atoms with Gasteiger partial charge in [-0.3, -0.25) is 14.7 Å². The van der Waals surface area contributed by atoms with Crippen LogP contribution in [0.2, 0.25) is 0 Å². The van der Waals surface area contributed by atoms with Crippen molar-refractivity contribution in [1.29, 1.82) is 0 Å². The predicted octanol–water partition coefficient (Wildman–Crippen LogP) is 0.536. The van der Waals surface area contributed by atoms with Gasteiger partial charge in [-0.05, 0) is 31.5 Å². The summed E-state index contributed by atoms with van der Waals surface area (Å²) in [5.41, 5.74) is 1.17. The van der Waals surface area contributed by atoms with E-state index in [0.717, 1.165) is 37.7 Å². The molecule has 8 heteroatoms. The first kappa shape index (κ1) is 21.1. The van der Waals surface area contributed by atoms with E-state index in [1.165, 1.54) is 6.07 Å². The fourth-order valence-electron chi connectivity index (χ4n) is 3.06. The molecule has 7 nitrogen and oxygen atoms in total. The van der Waals surface area contributed by atoms with Gasteiger partial charge in [0.15, 0.2) is 5.96 Å². The second-order valence-corrected chi connectivity index (χ2v) is 6.97. The smallest absolute Gasteiger partial charge is 0.234 e. The van der Waals surface area contributed by atoms with Crippen molar-refractivity contribution in [3.05, 3.63) is 35.1 Å². The summed E-state index contributed by atoms with van der Waals surface area (Å²) in [7, 11) is 1.73. The number of hydrogen-bond donors (Lipinski definition) is 3. The van der Waals surface area contributed by atoms with Crippen molar-refractivity contribution >= 4 is 11.9 Å². The number of hydrogen-bond acceptors (Lipinski definition) is 4. The molecule has 1 aliphatic rings. The number of aliphatic hydroxyl groups is 1. The van der Waals surface area contributed by atoms with E-state index in [1.807, 2.05) is 13.8 Å². The van der Waals surface area contributed by atoms with Gasteiger partial charge in [-0.15, -0.1) is 0 Å². The van der Waals surface area contributed by atoms with Crippen molar-refractivity contribution in [1.82, 2.24) is 20.4 Å². The minimum absolute atomic E-state index is 0.0527. The van der Waals surface area contributed by atoms with Gasteiger partial charge in [-0.2, -0.15) is 0 Å². The normalized spacial score (nSPS) is 15.9. The van der Waals surface area contributed by atoms with E-state index in [9.17, 15) is 14.3 Å². The lowest BCUT2D eigenvalue weighted by Crippen LogP contribution is -2.54. The van der Waals surface area contributed by atoms with Crippen LogP contribution in [0.5, 0.6) is 0 Å². The van der Waals surface area contributed by atoms with Crippen molar-refractivity contribution in [2.75, 3.05) is 39.8 Å². The second-order valence-electron chi connectivity index (χ2n) is 6.97. The Kier molecular flexibility index (Phi) is 7.99. The fraction of sp³-hybridized carbons (Fsp3) is 0.579. The van der Waals surface area contributed by atoms with Crippen molar-refractivity contribution in [2.24, 2.45) is 4.99 Å². The third-order valence-electron chi connectivity index (χ3n) is 4.43. The summed E-state index contributed by atoms with van der Waals surface area (Å²) in [5, 5.41) is 15.4. The molecule has 150 valence electrons. The third kappa shape index (κ3) is 6.48. The second kappa shape index (κ2) is 10.2. The zero-order chi connectivity index (χ0) is 19.8. The van der Waals surface area contributed by atoms with Gasteiger partial charge in [0.25, 0.3) is 0 Å². The Balaban J connectivity index is 1.82. The van der Waals surface area contributed by atoms with Crippen molar-refractivity contribution in [3.63, 3.8) is 0 Å². The molecule has 1 amide bonds. The first-order chi connectivity index (χ1) is 12.9. The molecule has 0 aromatic heterocycles. The van der Waals surface area contributed by atoms with Crippen LogP contribution in [0.15, 0.2) is 23.2 Å². The number of piperazine rings is 1. The standard InChI is InChI=1S/C19H30FN5O2/c1-14(2)23-18(27)12-24-6-8-25(9-7-24)19(21-3)22-11-15-4-5-17(20)16(10-15)13-26/h4-5,10,14,26H,6-9,11-13H2,1-3H3,(H,21,22)(H,23,27). The highest BCUT2D eigenvalue weighted by Gasteiger charge is 2.21. The van der Waals surface area contributed by atoms with Crippen molar-refractivity contribution < 1.29 is 14.3 Å². The van der Waals surface area contributed by atoms with E-state index in [1.54, 1.807) is 19.2 Å². The molecular weight excluding hydrogens is 349 g/mol. The number of guanidine groups is 1. The third-order valence-corrected chi connectivity index (χ3v) is 4.43. The number of rotatable bonds is 6. The summed E-state index contributed by atoms with van der Waals surface area (Å²) in [6, 6.07) is 4.87. The molecule has 1 aromatic carbocycles. The molecule has 0 atom stereocenters. The van der Waals surface area contributed by atoms with E-state index < -0.39 is 5.82 Å². The lowest BCUT2D eigenvalue weighted by molar-refractivity contribution is -0.123. The van der Waals surface area contributed by atoms with Gasteiger partial charge in [0.1, 0.15) is 5.82 Å². The lowest BCUT2D eigenvalue weighted by Gasteiger charge is -2.36. The van der Waals surface area contributed by atoms with Crippen LogP contribution >= 0.6 is 0 Å². The Morgan fingerprint density at radius 1 is 1.30 bits per heavy atom. The van der Waals surface area contributed by atoms with Crippen LogP contribution in [-0.2, 0) is 17.9 Å². The first-order valence-corrected chi connectivity index (χ1v) is 9.28. The number of nitrogens with zero attached hydrogens (tertiary/aromatic N) is 3. The summed E-state index contributed by atoms with van der Waals surface area (Å²) in [5.74, 6) is 0.427. The van der Waals surface area contributed by atoms with Crippen molar-refractivity contribution in [2.45, 2.75) is 33.0 Å². The predicted molar refractivity (Wildman–Crippen MR) is 104 cm³/mol. The molecular formula is C19H30FN5O2. The highest BCUT2D eigenvalue weighted by atomic mass is 19.1. The molecule has 1 fully saturated rings. The molecule has 0 unspecified atom stereocenters. The number of aliphatic hydroxyl groups excluding tert-OH is 1. The average Bonchev–Trinajstić information content (AvgIpc) is 2.64. The van der Waals surface area contributed by atoms with Crippen LogP contribution in [-0.4, -0.2) is 72.6 Å². The number of benzene rings is 1. The molecule has 0 spiro atoms. The van der Waals surface area contributed by atoms with Crippen molar-refractivity contribution in [3.8, 4) is 0 Å². The largest absolute Gasteiger partial charge is 0.392 e. The molecule has 27 heavy (non-hydrogen) atoms. The molecule has 2 rings (SSSR count). The van der Waals surface area contributed by atoms with Crippen LogP contribution in [0.4, 0.5) is 4.39 Å². The topological polar surface area (TPSA) is 80.2 Å². The zero-order valence-electron chi connectivity index (χ0n) is 16.3. The SMILES string of the molecule is CN=C(NCc1ccc(F)c(CO)c1)N1CCN(CC(=O)NC(C)C)CC1. The Morgan fingerprint density at radius 2 is 2.00 bits per heavy atom. The summed E-state index contributed by atoms with van der Waals surface area (Å²) in [4.78, 5) is 20.5. The molecule has 1 aliphatic heterocycles. The summed E-state index contributed by atoms with van der Waals surface area (Å²) in [6.45, 7) is 7.64. The van der Waals surface area contributed by atoms with Gasteiger partial charge in [0.2, 0.25) is 5.91 Å². The molecule has 3 N–H and O–H groups in total. The van der Waals surface area contributed by atoms with E-state index in [0.29, 0.717) is 13.1 Å². The number of halogens is 1. The van der Waals surface area contributed by atoms with Gasteiger partial charge in [0, 0.05) is 51.4 Å². The minimum atomic E-state index is -0.400. The zero-order valence-corrected chi connectivity index (χ0v) is 16.3. The van der Waals surface area contributed by atoms with Gasteiger partial charge in [0.05, 0.1) is 13.2 Å². The average molecular weight is 379 g/mol. The van der Waals surface area contributed by atoms with Gasteiger partial charge >= 0.3 is 0 Å². The molecule has 0 bridgehead atoms. The van der Waals surface area contributed by atoms with Crippen LogP contribution in [0.25, 0.3) is 0 Å². The molecule has 0 aliphatic carbocycles. The Hall–Kier alpha value is -2.19. The van der Waals surface area contributed by atoms with Gasteiger partial charge < -0.3 is 20.6 Å². The summed E-state index contributed by atoms with van der Waals surface area (Å²) >= 11 is 0. The van der Waals surface area contributed by atoms with Crippen LogP contribution in [0.3, 0.4) is 0 Å². The van der Waals surface area contributed by atoms with E-state index in [4.69, 9.17) is 0 Å². The van der Waals surface area contributed by atoms with E-state index in [-0.39, 0.29) is 24.1 Å². The quantitative estimate of drug-likeness (QED) is 0.497. The summed E-state index contributed by atoms with van der Waals surface area (Å²) < 4.78 is 13.5. The van der Waals surface area contributed by atoms with E-state index >= 15 is 0 Å². The number of carbonyl (C=O) groups excluding carboxylic acids is 1. The fourth-order valence-corrected chi connectivity index (χ4v) is 3.06. The molecule has 1 saturated heterocycles. The Labute approximate surface area is 160 Å². The number of carbonyl (C=O) groups is 1. The number of nitrogens with one attached hydrogen (secondary N) is 2. The molecule has 1 aromatic rings. The van der Waals surface area contributed by atoms with Crippen LogP contribution < -0.4 is 10.6 Å². The maximum atomic E-state index is 13.5. The van der Waals surface area contributed by atoms with Crippen LogP contribution in [0, 0.1) is 5.82 Å². The minimum Gasteiger partial charge on any atom is -0.392 e. The Morgan fingerprint density at radius 3 is 2.59 bits per heavy atom. The maximum Gasteiger partial charge on any atom is 0.234 e. The maximum absolute atomic E-state index is 13.5. The first-order valence-electron chi connectivity index (χ1n) is 9.28. The number of aliphatic imine (C=N–C) groups is 1. The Bertz CT molecular complexity index is 658.